The van der Waals surface area contributed by atoms with Crippen molar-refractivity contribution in [3.8, 4) is 0 Å². The Morgan fingerprint density at radius 2 is 1.72 bits per heavy atom. The van der Waals surface area contributed by atoms with Crippen molar-refractivity contribution in [2.75, 3.05) is 19.4 Å². The van der Waals surface area contributed by atoms with E-state index in [1.807, 2.05) is 66.9 Å². The molecule has 0 aromatic heterocycles. The molecular formula is C26H36N4O5S. The predicted octanol–water partition coefficient (Wildman–Crippen LogP) is 1.78. The minimum atomic E-state index is -1.00. The molecule has 196 valence electrons. The van der Waals surface area contributed by atoms with Crippen LogP contribution in [0.3, 0.4) is 0 Å². The smallest absolute Gasteiger partial charge is 0.220 e. The van der Waals surface area contributed by atoms with Gasteiger partial charge < -0.3 is 36.1 Å². The van der Waals surface area contributed by atoms with Crippen LogP contribution in [0.4, 0.5) is 0 Å². The van der Waals surface area contributed by atoms with Gasteiger partial charge in [0.15, 0.2) is 5.96 Å². The summed E-state index contributed by atoms with van der Waals surface area (Å²) in [6.45, 7) is 1.25. The normalized spacial score (nSPS) is 23.7. The topological polar surface area (TPSA) is 141 Å². The Labute approximate surface area is 216 Å². The second-order valence-corrected chi connectivity index (χ2v) is 9.47. The number of aliphatic hydroxyl groups is 1. The quantitative estimate of drug-likeness (QED) is 0.179. The highest BCUT2D eigenvalue weighted by molar-refractivity contribution is 7.99. The molecule has 5 atom stereocenters. The van der Waals surface area contributed by atoms with E-state index in [1.165, 1.54) is 11.8 Å². The average molecular weight is 517 g/mol. The number of hydrogen-bond donors (Lipinski definition) is 4. The minimum absolute atomic E-state index is 0.00319. The molecule has 10 heteroatoms. The van der Waals surface area contributed by atoms with E-state index in [4.69, 9.17) is 25.7 Å². The van der Waals surface area contributed by atoms with Crippen molar-refractivity contribution < 1.29 is 24.1 Å². The SMILES string of the molecule is CSC1O[C@H](COCc2ccccc2)[C@@H](O)[C@H](OCc2ccccc2)[C@H]1NC(=O)CCCN=C(N)N. The van der Waals surface area contributed by atoms with E-state index in [-0.39, 0.29) is 31.5 Å². The summed E-state index contributed by atoms with van der Waals surface area (Å²) in [4.78, 5) is 16.6. The fraction of sp³-hybridized carbons (Fsp3) is 0.462. The van der Waals surface area contributed by atoms with Gasteiger partial charge >= 0.3 is 0 Å². The van der Waals surface area contributed by atoms with Gasteiger partial charge in [0.1, 0.15) is 23.7 Å². The van der Waals surface area contributed by atoms with Crippen LogP contribution in [-0.4, -0.2) is 66.2 Å². The fourth-order valence-electron chi connectivity index (χ4n) is 3.95. The monoisotopic (exact) mass is 516 g/mol. The summed E-state index contributed by atoms with van der Waals surface area (Å²) >= 11 is 1.45. The molecule has 0 spiro atoms. The number of aliphatic hydroxyl groups excluding tert-OH is 1. The Morgan fingerprint density at radius 1 is 1.08 bits per heavy atom. The van der Waals surface area contributed by atoms with Crippen molar-refractivity contribution in [2.24, 2.45) is 16.5 Å². The molecular weight excluding hydrogens is 480 g/mol. The molecule has 6 N–H and O–H groups in total. The van der Waals surface area contributed by atoms with E-state index < -0.39 is 29.8 Å². The van der Waals surface area contributed by atoms with E-state index in [1.54, 1.807) is 0 Å². The minimum Gasteiger partial charge on any atom is -0.388 e. The van der Waals surface area contributed by atoms with E-state index in [2.05, 4.69) is 10.3 Å². The zero-order valence-corrected chi connectivity index (χ0v) is 21.3. The lowest BCUT2D eigenvalue weighted by molar-refractivity contribution is -0.196. The van der Waals surface area contributed by atoms with E-state index in [0.717, 1.165) is 11.1 Å². The number of aliphatic imine (C=N–C) groups is 1. The Hall–Kier alpha value is -2.63. The van der Waals surface area contributed by atoms with Crippen molar-refractivity contribution in [1.82, 2.24) is 5.32 Å². The Morgan fingerprint density at radius 3 is 2.33 bits per heavy atom. The van der Waals surface area contributed by atoms with E-state index >= 15 is 0 Å². The van der Waals surface area contributed by atoms with Crippen LogP contribution >= 0.6 is 11.8 Å². The zero-order chi connectivity index (χ0) is 25.8. The van der Waals surface area contributed by atoms with Crippen LogP contribution in [-0.2, 0) is 32.2 Å². The molecule has 9 nitrogen and oxygen atoms in total. The third-order valence-electron chi connectivity index (χ3n) is 5.77. The van der Waals surface area contributed by atoms with Gasteiger partial charge in [-0.1, -0.05) is 60.7 Å². The summed E-state index contributed by atoms with van der Waals surface area (Å²) in [6, 6.07) is 19.0. The largest absolute Gasteiger partial charge is 0.388 e. The van der Waals surface area contributed by atoms with Gasteiger partial charge in [-0.05, 0) is 23.8 Å². The number of nitrogens with zero attached hydrogens (tertiary/aromatic N) is 1. The lowest BCUT2D eigenvalue weighted by Gasteiger charge is -2.44. The summed E-state index contributed by atoms with van der Waals surface area (Å²) < 4.78 is 18.3. The highest BCUT2D eigenvalue weighted by Crippen LogP contribution is 2.30. The van der Waals surface area contributed by atoms with Gasteiger partial charge in [-0.15, -0.1) is 11.8 Å². The van der Waals surface area contributed by atoms with Crippen LogP contribution in [0.15, 0.2) is 65.7 Å². The molecule has 0 aliphatic carbocycles. The van der Waals surface area contributed by atoms with Gasteiger partial charge in [-0.2, -0.15) is 0 Å². The number of thioether (sulfide) groups is 1. The molecule has 1 saturated heterocycles. The first kappa shape index (κ1) is 27.9. The van der Waals surface area contributed by atoms with Gasteiger partial charge in [0, 0.05) is 13.0 Å². The molecule has 1 heterocycles. The van der Waals surface area contributed by atoms with Crippen LogP contribution in [0.1, 0.15) is 24.0 Å². The number of ether oxygens (including phenoxy) is 3. The molecule has 1 aliphatic rings. The van der Waals surface area contributed by atoms with Crippen molar-refractivity contribution in [1.29, 1.82) is 0 Å². The first-order valence-corrected chi connectivity index (χ1v) is 13.2. The standard InChI is InChI=1S/C26H36N4O5S/c1-36-25-22(30-21(31)13-8-14-29-26(27)28)24(34-16-19-11-6-3-7-12-19)23(32)20(35-25)17-33-15-18-9-4-2-5-10-18/h2-7,9-12,20,22-25,32H,8,13-17H2,1H3,(H,30,31)(H4,27,28,29)/t20-,22-,23-,24-,25?/m1/s1. The van der Waals surface area contributed by atoms with Gasteiger partial charge in [0.2, 0.25) is 5.91 Å². The molecule has 1 amide bonds. The molecule has 0 saturated carbocycles. The molecule has 1 unspecified atom stereocenters. The number of carbonyl (C=O) groups excluding carboxylic acids is 1. The third-order valence-corrected chi connectivity index (χ3v) is 6.64. The van der Waals surface area contributed by atoms with Crippen LogP contribution < -0.4 is 16.8 Å². The number of benzene rings is 2. The van der Waals surface area contributed by atoms with Crippen LogP contribution in [0.5, 0.6) is 0 Å². The van der Waals surface area contributed by atoms with Crippen LogP contribution in [0.25, 0.3) is 0 Å². The molecule has 3 rings (SSSR count). The van der Waals surface area contributed by atoms with Crippen molar-refractivity contribution in [2.45, 2.75) is 55.8 Å². The van der Waals surface area contributed by atoms with E-state index in [0.29, 0.717) is 19.6 Å². The summed E-state index contributed by atoms with van der Waals surface area (Å²) in [7, 11) is 0. The van der Waals surface area contributed by atoms with Crippen molar-refractivity contribution in [3.05, 3.63) is 71.8 Å². The summed E-state index contributed by atoms with van der Waals surface area (Å²) in [5.41, 5.74) is 12.3. The first-order valence-electron chi connectivity index (χ1n) is 12.0. The van der Waals surface area contributed by atoms with Crippen molar-refractivity contribution in [3.63, 3.8) is 0 Å². The summed E-state index contributed by atoms with van der Waals surface area (Å²) in [6.07, 6.45) is 0.329. The Kier molecular flexibility index (Phi) is 11.5. The van der Waals surface area contributed by atoms with Gasteiger partial charge in [0.05, 0.1) is 25.9 Å². The molecule has 36 heavy (non-hydrogen) atoms. The molecule has 1 fully saturated rings. The second kappa shape index (κ2) is 14.8. The number of hydrogen-bond acceptors (Lipinski definition) is 7. The number of nitrogens with two attached hydrogens (primary N) is 2. The Bertz CT molecular complexity index is 946. The zero-order valence-electron chi connectivity index (χ0n) is 20.5. The number of carbonyl (C=O) groups is 1. The molecule has 2 aromatic rings. The maximum absolute atomic E-state index is 12.7. The number of amides is 1. The highest BCUT2D eigenvalue weighted by Gasteiger charge is 2.46. The summed E-state index contributed by atoms with van der Waals surface area (Å²) in [5, 5.41) is 14.2. The van der Waals surface area contributed by atoms with Crippen molar-refractivity contribution >= 4 is 23.6 Å². The average Bonchev–Trinajstić information content (AvgIpc) is 2.88. The van der Waals surface area contributed by atoms with E-state index in [9.17, 15) is 9.90 Å². The lowest BCUT2D eigenvalue weighted by Crippen LogP contribution is -2.64. The first-order chi connectivity index (χ1) is 17.5. The van der Waals surface area contributed by atoms with Gasteiger partial charge in [-0.25, -0.2) is 0 Å². The lowest BCUT2D eigenvalue weighted by atomic mass is 9.97. The molecule has 0 bridgehead atoms. The fourth-order valence-corrected chi connectivity index (χ4v) is 4.72. The number of rotatable bonds is 13. The third kappa shape index (κ3) is 8.79. The highest BCUT2D eigenvalue weighted by atomic mass is 32.2. The molecule has 2 aromatic carbocycles. The predicted molar refractivity (Wildman–Crippen MR) is 141 cm³/mol. The van der Waals surface area contributed by atoms with Crippen LogP contribution in [0, 0.1) is 0 Å². The number of nitrogens with one attached hydrogen (secondary N) is 1. The molecule has 0 radical (unpaired) electrons. The number of guanidine groups is 1. The Balaban J connectivity index is 1.66. The van der Waals surface area contributed by atoms with Gasteiger partial charge in [-0.3, -0.25) is 9.79 Å². The summed E-state index contributed by atoms with van der Waals surface area (Å²) in [5.74, 6) is -0.190. The second-order valence-electron chi connectivity index (χ2n) is 8.53. The maximum Gasteiger partial charge on any atom is 0.220 e. The van der Waals surface area contributed by atoms with Crippen LogP contribution in [0.2, 0.25) is 0 Å². The van der Waals surface area contributed by atoms with Gasteiger partial charge in [0.25, 0.3) is 0 Å². The molecule has 1 aliphatic heterocycles. The maximum atomic E-state index is 12.7.